The van der Waals surface area contributed by atoms with Gasteiger partial charge in [0.2, 0.25) is 0 Å². The van der Waals surface area contributed by atoms with Crippen LogP contribution >= 0.6 is 0 Å². The van der Waals surface area contributed by atoms with Crippen LogP contribution in [0.25, 0.3) is 6.08 Å². The Morgan fingerprint density at radius 1 is 1.30 bits per heavy atom. The van der Waals surface area contributed by atoms with Gasteiger partial charge in [-0.05, 0) is 24.6 Å². The number of rotatable bonds is 6. The summed E-state index contributed by atoms with van der Waals surface area (Å²) in [6.07, 6.45) is 2.67. The number of aliphatic carboxylic acids is 1. The number of carboxylic acid groups (broad SMARTS) is 1. The highest BCUT2D eigenvalue weighted by Gasteiger charge is 2.10. The molecule has 1 rings (SSSR count). The Hall–Kier alpha value is -2.63. The average molecular weight is 277 g/mol. The van der Waals surface area contributed by atoms with E-state index in [1.54, 1.807) is 31.2 Å². The fourth-order valence-electron chi connectivity index (χ4n) is 1.45. The minimum atomic E-state index is -1.13. The van der Waals surface area contributed by atoms with Crippen LogP contribution in [0.5, 0.6) is 0 Å². The minimum absolute atomic E-state index is 0.268. The molecule has 0 unspecified atom stereocenters. The maximum atomic E-state index is 11.8. The van der Waals surface area contributed by atoms with Crippen LogP contribution in [0.4, 0.5) is 0 Å². The monoisotopic (exact) mass is 277 g/mol. The molecule has 1 aromatic rings. The van der Waals surface area contributed by atoms with Gasteiger partial charge < -0.3 is 15.2 Å². The van der Waals surface area contributed by atoms with E-state index in [9.17, 15) is 14.4 Å². The predicted octanol–water partition coefficient (Wildman–Crippen LogP) is 1.08. The molecule has 1 aromatic carbocycles. The molecule has 1 amide bonds. The fraction of sp³-hybridized carbons (Fsp3) is 0.214. The maximum Gasteiger partial charge on any atom is 0.330 e. The lowest BCUT2D eigenvalue weighted by molar-refractivity contribution is -0.137. The van der Waals surface area contributed by atoms with Gasteiger partial charge in [0.1, 0.15) is 6.54 Å². The molecule has 106 valence electrons. The molecule has 0 aliphatic carbocycles. The molecule has 0 spiro atoms. The first kappa shape index (κ1) is 15.4. The Labute approximate surface area is 116 Å². The van der Waals surface area contributed by atoms with Gasteiger partial charge in [0.25, 0.3) is 5.91 Å². The van der Waals surface area contributed by atoms with E-state index in [1.807, 2.05) is 0 Å². The van der Waals surface area contributed by atoms with E-state index in [0.717, 1.165) is 0 Å². The van der Waals surface area contributed by atoms with Crippen LogP contribution < -0.4 is 5.32 Å². The Balaban J connectivity index is 2.85. The van der Waals surface area contributed by atoms with Gasteiger partial charge in [0.15, 0.2) is 0 Å². The first-order valence-corrected chi connectivity index (χ1v) is 5.98. The summed E-state index contributed by atoms with van der Waals surface area (Å²) in [5, 5.41) is 10.8. The van der Waals surface area contributed by atoms with Gasteiger partial charge in [-0.1, -0.05) is 18.2 Å². The highest BCUT2D eigenvalue weighted by molar-refractivity contribution is 6.00. The van der Waals surface area contributed by atoms with Crippen molar-refractivity contribution < 1.29 is 24.2 Å². The number of benzene rings is 1. The number of esters is 1. The number of nitrogens with one attached hydrogen (secondary N) is 1. The molecular formula is C14H15NO5. The van der Waals surface area contributed by atoms with E-state index in [1.165, 1.54) is 12.2 Å². The number of hydrogen-bond acceptors (Lipinski definition) is 4. The molecule has 0 saturated heterocycles. The van der Waals surface area contributed by atoms with Gasteiger partial charge in [-0.15, -0.1) is 0 Å². The third-order valence-corrected chi connectivity index (χ3v) is 2.29. The molecule has 2 N–H and O–H groups in total. The molecule has 0 atom stereocenters. The van der Waals surface area contributed by atoms with Crippen molar-refractivity contribution in [3.8, 4) is 0 Å². The van der Waals surface area contributed by atoms with Gasteiger partial charge >= 0.3 is 11.9 Å². The molecule has 0 aromatic heterocycles. The van der Waals surface area contributed by atoms with Crippen molar-refractivity contribution in [3.63, 3.8) is 0 Å². The summed E-state index contributed by atoms with van der Waals surface area (Å²) < 4.78 is 4.74. The van der Waals surface area contributed by atoms with E-state index >= 15 is 0 Å². The smallest absolute Gasteiger partial charge is 0.330 e. The van der Waals surface area contributed by atoms with E-state index < -0.39 is 24.4 Å². The number of ether oxygens (including phenoxy) is 1. The van der Waals surface area contributed by atoms with Crippen molar-refractivity contribution in [2.24, 2.45) is 0 Å². The summed E-state index contributed by atoms with van der Waals surface area (Å²) in [7, 11) is 0. The standard InChI is InChI=1S/C14H15NO5/c1-2-20-13(18)8-7-10-5-3-4-6-11(10)14(19)15-9-12(16)17/h3-8H,2,9H2,1H3,(H,15,19)(H,16,17). The molecule has 6 nitrogen and oxygen atoms in total. The third kappa shape index (κ3) is 4.93. The Bertz CT molecular complexity index is 536. The predicted molar refractivity (Wildman–Crippen MR) is 72.1 cm³/mol. The molecule has 20 heavy (non-hydrogen) atoms. The normalized spacial score (nSPS) is 10.2. The van der Waals surface area contributed by atoms with Crippen molar-refractivity contribution in [2.45, 2.75) is 6.92 Å². The second-order valence-electron chi connectivity index (χ2n) is 3.75. The van der Waals surface area contributed by atoms with E-state index in [-0.39, 0.29) is 12.2 Å². The summed E-state index contributed by atoms with van der Waals surface area (Å²) in [5.74, 6) is -2.15. The van der Waals surface area contributed by atoms with Crippen molar-refractivity contribution in [1.29, 1.82) is 0 Å². The molecule has 0 saturated carbocycles. The zero-order valence-corrected chi connectivity index (χ0v) is 11.0. The summed E-state index contributed by atoms with van der Waals surface area (Å²) in [6.45, 7) is 1.50. The lowest BCUT2D eigenvalue weighted by atomic mass is 10.1. The van der Waals surface area contributed by atoms with Crippen LogP contribution in [0.2, 0.25) is 0 Å². The topological polar surface area (TPSA) is 92.7 Å². The van der Waals surface area contributed by atoms with Crippen LogP contribution in [-0.4, -0.2) is 36.1 Å². The maximum absolute atomic E-state index is 11.8. The summed E-state index contributed by atoms with van der Waals surface area (Å²) in [6, 6.07) is 6.55. The zero-order valence-electron chi connectivity index (χ0n) is 11.0. The highest BCUT2D eigenvalue weighted by Crippen LogP contribution is 2.10. The zero-order chi connectivity index (χ0) is 15.0. The average Bonchev–Trinajstić information content (AvgIpc) is 2.43. The molecule has 6 heteroatoms. The van der Waals surface area contributed by atoms with Crippen LogP contribution in [0.1, 0.15) is 22.8 Å². The third-order valence-electron chi connectivity index (χ3n) is 2.29. The van der Waals surface area contributed by atoms with Gasteiger partial charge in [-0.3, -0.25) is 9.59 Å². The summed E-state index contributed by atoms with van der Waals surface area (Å²) >= 11 is 0. The van der Waals surface area contributed by atoms with Gasteiger partial charge in [0.05, 0.1) is 6.61 Å². The van der Waals surface area contributed by atoms with Crippen LogP contribution in [0, 0.1) is 0 Å². The van der Waals surface area contributed by atoms with E-state index in [2.05, 4.69) is 5.32 Å². The Kier molecular flexibility index (Phi) is 5.96. The fourth-order valence-corrected chi connectivity index (χ4v) is 1.45. The number of carbonyl (C=O) groups excluding carboxylic acids is 2. The summed E-state index contributed by atoms with van der Waals surface area (Å²) in [4.78, 5) is 33.5. The minimum Gasteiger partial charge on any atom is -0.480 e. The lowest BCUT2D eigenvalue weighted by Gasteiger charge is -2.05. The quantitative estimate of drug-likeness (QED) is 0.599. The van der Waals surface area contributed by atoms with Crippen LogP contribution in [0.15, 0.2) is 30.3 Å². The Morgan fingerprint density at radius 2 is 2.00 bits per heavy atom. The van der Waals surface area contributed by atoms with Crippen LogP contribution in [0.3, 0.4) is 0 Å². The number of carboxylic acids is 1. The molecule has 0 radical (unpaired) electrons. The first-order valence-electron chi connectivity index (χ1n) is 5.98. The second kappa shape index (κ2) is 7.73. The van der Waals surface area contributed by atoms with Crippen molar-refractivity contribution in [1.82, 2.24) is 5.32 Å². The summed E-state index contributed by atoms with van der Waals surface area (Å²) in [5.41, 5.74) is 0.790. The number of amides is 1. The van der Waals surface area contributed by atoms with E-state index in [0.29, 0.717) is 5.56 Å². The van der Waals surface area contributed by atoms with Gasteiger partial charge in [-0.2, -0.15) is 0 Å². The molecular weight excluding hydrogens is 262 g/mol. The molecule has 0 fully saturated rings. The number of carbonyl (C=O) groups is 3. The van der Waals surface area contributed by atoms with Gasteiger partial charge in [-0.25, -0.2) is 4.79 Å². The number of hydrogen-bond donors (Lipinski definition) is 2. The largest absolute Gasteiger partial charge is 0.480 e. The van der Waals surface area contributed by atoms with Crippen molar-refractivity contribution >= 4 is 23.9 Å². The highest BCUT2D eigenvalue weighted by atomic mass is 16.5. The van der Waals surface area contributed by atoms with E-state index in [4.69, 9.17) is 9.84 Å². The Morgan fingerprint density at radius 3 is 2.65 bits per heavy atom. The SMILES string of the molecule is CCOC(=O)C=Cc1ccccc1C(=O)NCC(=O)O. The van der Waals surface area contributed by atoms with Crippen LogP contribution in [-0.2, 0) is 14.3 Å². The molecule has 0 bridgehead atoms. The molecule has 0 heterocycles. The molecule has 0 aliphatic rings. The lowest BCUT2D eigenvalue weighted by Crippen LogP contribution is -2.29. The molecule has 0 aliphatic heterocycles. The van der Waals surface area contributed by atoms with Crippen molar-refractivity contribution in [2.75, 3.05) is 13.2 Å². The van der Waals surface area contributed by atoms with Gasteiger partial charge in [0, 0.05) is 11.6 Å². The second-order valence-corrected chi connectivity index (χ2v) is 3.75. The first-order chi connectivity index (χ1) is 9.54. The van der Waals surface area contributed by atoms with Crippen molar-refractivity contribution in [3.05, 3.63) is 41.5 Å².